The molecule has 0 unspecified atom stereocenters. The van der Waals surface area contributed by atoms with Gasteiger partial charge in [-0.2, -0.15) is 5.10 Å². The van der Waals surface area contributed by atoms with Crippen molar-refractivity contribution in [2.24, 2.45) is 12.1 Å². The third kappa shape index (κ3) is 5.88. The van der Waals surface area contributed by atoms with Gasteiger partial charge in [-0.05, 0) is 54.4 Å². The van der Waals surface area contributed by atoms with E-state index in [4.69, 9.17) is 14.3 Å². The lowest BCUT2D eigenvalue weighted by molar-refractivity contribution is -0.130. The van der Waals surface area contributed by atoms with E-state index in [0.29, 0.717) is 17.4 Å². The highest BCUT2D eigenvalue weighted by Crippen LogP contribution is 2.34. The summed E-state index contributed by atoms with van der Waals surface area (Å²) >= 11 is 1.28. The fourth-order valence-electron chi connectivity index (χ4n) is 4.22. The molecule has 0 saturated heterocycles. The number of nitrogens with one attached hydrogen (secondary N) is 1. The molecule has 11 heteroatoms. The van der Waals surface area contributed by atoms with Gasteiger partial charge in [0.05, 0.1) is 37.4 Å². The number of hydrazone groups is 1. The number of hydrogen-bond donors (Lipinski definition) is 1. The molecule has 0 bridgehead atoms. The predicted octanol–water partition coefficient (Wildman–Crippen LogP) is 4.13. The molecule has 0 aliphatic carbocycles. The van der Waals surface area contributed by atoms with Crippen molar-refractivity contribution in [1.29, 1.82) is 0 Å². The molecule has 0 saturated carbocycles. The normalized spacial score (nSPS) is 14.8. The van der Waals surface area contributed by atoms with Gasteiger partial charge in [-0.15, -0.1) is 10.2 Å². The fraction of sp³-hybridized carbons (Fsp3) is 0.250. The first kappa shape index (κ1) is 26.2. The zero-order chi connectivity index (χ0) is 27.4. The molecule has 5 rings (SSSR count). The summed E-state index contributed by atoms with van der Waals surface area (Å²) in [5.74, 6) is 1.20. The summed E-state index contributed by atoms with van der Waals surface area (Å²) in [4.78, 5) is 25.6. The molecular weight excluding hydrogens is 516 g/mol. The van der Waals surface area contributed by atoms with Gasteiger partial charge in [0, 0.05) is 13.5 Å². The summed E-state index contributed by atoms with van der Waals surface area (Å²) < 4.78 is 12.1. The average Bonchev–Trinajstić information content (AvgIpc) is 3.72. The van der Waals surface area contributed by atoms with Crippen LogP contribution in [0.15, 0.2) is 81.6 Å². The number of furan rings is 1. The van der Waals surface area contributed by atoms with E-state index in [0.717, 1.165) is 28.2 Å². The van der Waals surface area contributed by atoms with Crippen molar-refractivity contribution in [3.8, 4) is 5.75 Å². The van der Waals surface area contributed by atoms with E-state index in [1.54, 1.807) is 35.9 Å². The van der Waals surface area contributed by atoms with Crippen LogP contribution in [0.25, 0.3) is 0 Å². The molecule has 2 aromatic carbocycles. The highest BCUT2D eigenvalue weighted by molar-refractivity contribution is 7.99. The summed E-state index contributed by atoms with van der Waals surface area (Å²) in [5.41, 5.74) is 3.97. The molecular formula is C28H28N6O4S. The van der Waals surface area contributed by atoms with Gasteiger partial charge in [-0.1, -0.05) is 41.6 Å². The molecule has 1 aliphatic rings. The maximum atomic E-state index is 13.5. The van der Waals surface area contributed by atoms with Crippen LogP contribution >= 0.6 is 11.8 Å². The molecule has 3 heterocycles. The number of hydrogen-bond acceptors (Lipinski definition) is 8. The second kappa shape index (κ2) is 11.6. The van der Waals surface area contributed by atoms with Crippen molar-refractivity contribution in [3.05, 3.63) is 95.2 Å². The topological polar surface area (TPSA) is 115 Å². The number of benzene rings is 2. The van der Waals surface area contributed by atoms with Crippen molar-refractivity contribution in [1.82, 2.24) is 25.1 Å². The number of methoxy groups -OCH3 is 1. The second-order valence-corrected chi connectivity index (χ2v) is 9.99. The number of carbonyl (C=O) groups is 2. The Bertz CT molecular complexity index is 1480. The number of thioether (sulfide) groups is 1. The number of aromatic nitrogens is 3. The number of rotatable bonds is 9. The van der Waals surface area contributed by atoms with E-state index in [1.807, 2.05) is 55.5 Å². The lowest BCUT2D eigenvalue weighted by atomic mass is 9.97. The number of nitrogens with zero attached hydrogens (tertiary/aromatic N) is 5. The van der Waals surface area contributed by atoms with Gasteiger partial charge < -0.3 is 19.0 Å². The molecule has 4 aromatic rings. The summed E-state index contributed by atoms with van der Waals surface area (Å²) in [6.07, 6.45) is 2.05. The second-order valence-electron chi connectivity index (χ2n) is 9.05. The molecule has 0 radical (unpaired) electrons. The number of aryl methyl sites for hydroxylation is 1. The minimum Gasteiger partial charge on any atom is -0.497 e. The van der Waals surface area contributed by atoms with Crippen LogP contribution in [0.4, 0.5) is 0 Å². The Morgan fingerprint density at radius 2 is 1.87 bits per heavy atom. The zero-order valence-corrected chi connectivity index (χ0v) is 22.6. The SMILES string of the molecule is COc1ccc(C2=NN(C(=O)CSc3nnc(CNC(=O)c4ccco4)n3C)[C@H](c3ccc(C)cc3)C2)cc1. The Morgan fingerprint density at radius 3 is 2.56 bits per heavy atom. The maximum absolute atomic E-state index is 13.5. The van der Waals surface area contributed by atoms with Gasteiger partial charge in [-0.25, -0.2) is 5.01 Å². The Labute approximate surface area is 230 Å². The Morgan fingerprint density at radius 1 is 1.10 bits per heavy atom. The van der Waals surface area contributed by atoms with Crippen molar-refractivity contribution in [3.63, 3.8) is 0 Å². The van der Waals surface area contributed by atoms with Gasteiger partial charge in [0.2, 0.25) is 0 Å². The van der Waals surface area contributed by atoms with Crippen molar-refractivity contribution >= 4 is 29.3 Å². The van der Waals surface area contributed by atoms with Crippen LogP contribution in [0.2, 0.25) is 0 Å². The molecule has 2 aromatic heterocycles. The smallest absolute Gasteiger partial charge is 0.287 e. The minimum absolute atomic E-state index is 0.131. The van der Waals surface area contributed by atoms with Gasteiger partial charge in [0.15, 0.2) is 16.7 Å². The van der Waals surface area contributed by atoms with Crippen LogP contribution in [0.1, 0.15) is 45.5 Å². The number of amides is 2. The first-order valence-electron chi connectivity index (χ1n) is 12.4. The largest absolute Gasteiger partial charge is 0.497 e. The lowest BCUT2D eigenvalue weighted by Gasteiger charge is -2.22. The third-order valence-electron chi connectivity index (χ3n) is 6.45. The molecule has 1 N–H and O–H groups in total. The van der Waals surface area contributed by atoms with Crippen LogP contribution in [0.3, 0.4) is 0 Å². The van der Waals surface area contributed by atoms with E-state index < -0.39 is 0 Å². The molecule has 0 fully saturated rings. The van der Waals surface area contributed by atoms with Gasteiger partial charge >= 0.3 is 0 Å². The zero-order valence-electron chi connectivity index (χ0n) is 21.8. The van der Waals surface area contributed by atoms with Gasteiger partial charge in [0.1, 0.15) is 5.75 Å². The number of ether oxygens (including phenoxy) is 1. The molecule has 10 nitrogen and oxygen atoms in total. The van der Waals surface area contributed by atoms with Crippen molar-refractivity contribution in [2.45, 2.75) is 31.1 Å². The van der Waals surface area contributed by atoms with E-state index in [2.05, 4.69) is 15.5 Å². The third-order valence-corrected chi connectivity index (χ3v) is 7.46. The molecule has 1 atom stereocenters. The molecule has 0 spiro atoms. The van der Waals surface area contributed by atoms with Crippen molar-refractivity contribution < 1.29 is 18.7 Å². The molecule has 200 valence electrons. The van der Waals surface area contributed by atoms with Gasteiger partial charge in [0.25, 0.3) is 11.8 Å². The summed E-state index contributed by atoms with van der Waals surface area (Å²) in [6.45, 7) is 2.21. The van der Waals surface area contributed by atoms with Crippen LogP contribution in [-0.4, -0.2) is 50.2 Å². The Kier molecular flexibility index (Phi) is 7.78. The lowest BCUT2D eigenvalue weighted by Crippen LogP contribution is -2.28. The highest BCUT2D eigenvalue weighted by Gasteiger charge is 2.33. The predicted molar refractivity (Wildman–Crippen MR) is 147 cm³/mol. The monoisotopic (exact) mass is 544 g/mol. The Balaban J connectivity index is 1.28. The average molecular weight is 545 g/mol. The van der Waals surface area contributed by atoms with Crippen LogP contribution in [0, 0.1) is 6.92 Å². The molecule has 1 aliphatic heterocycles. The van der Waals surface area contributed by atoms with E-state index >= 15 is 0 Å². The minimum atomic E-state index is -0.339. The first-order valence-corrected chi connectivity index (χ1v) is 13.3. The fourth-order valence-corrected chi connectivity index (χ4v) is 5.00. The quantitative estimate of drug-likeness (QED) is 0.315. The molecule has 2 amide bonds. The summed E-state index contributed by atoms with van der Waals surface area (Å²) in [5, 5.41) is 18.0. The maximum Gasteiger partial charge on any atom is 0.287 e. The highest BCUT2D eigenvalue weighted by atomic mass is 32.2. The Hall–Kier alpha value is -4.38. The molecule has 39 heavy (non-hydrogen) atoms. The van der Waals surface area contributed by atoms with Crippen LogP contribution < -0.4 is 10.1 Å². The number of carbonyl (C=O) groups excluding carboxylic acids is 2. The van der Waals surface area contributed by atoms with E-state index in [1.165, 1.54) is 18.0 Å². The van der Waals surface area contributed by atoms with Gasteiger partial charge in [-0.3, -0.25) is 9.59 Å². The van der Waals surface area contributed by atoms with Crippen molar-refractivity contribution in [2.75, 3.05) is 12.9 Å². The van der Waals surface area contributed by atoms with Crippen LogP contribution in [0.5, 0.6) is 5.75 Å². The first-order chi connectivity index (χ1) is 18.9. The summed E-state index contributed by atoms with van der Waals surface area (Å²) in [7, 11) is 3.43. The standard InChI is InChI=1S/C28H28N6O4S/c1-18-6-8-20(9-7-18)23-15-22(19-10-12-21(37-3)13-11-19)32-34(23)26(35)17-39-28-31-30-25(33(28)2)16-29-27(36)24-5-4-14-38-24/h4-14,23H,15-17H2,1-3H3,(H,29,36)/t23-/m0/s1. The van der Waals surface area contributed by atoms with Crippen LogP contribution in [-0.2, 0) is 18.4 Å². The van der Waals surface area contributed by atoms with E-state index in [-0.39, 0.29) is 35.9 Å². The van der Waals surface area contributed by atoms with E-state index in [9.17, 15) is 9.59 Å². The summed E-state index contributed by atoms with van der Waals surface area (Å²) in [6, 6.07) is 18.9.